The molecular weight excluding hydrogens is 384 g/mol. The molecule has 144 valence electrons. The predicted molar refractivity (Wildman–Crippen MR) is 111 cm³/mol. The Morgan fingerprint density at radius 3 is 2.44 bits per heavy atom. The van der Waals surface area contributed by atoms with E-state index in [0.717, 1.165) is 16.9 Å². The second-order valence-electron chi connectivity index (χ2n) is 5.90. The highest BCUT2D eigenvalue weighted by atomic mass is 32.1. The highest BCUT2D eigenvalue weighted by molar-refractivity contribution is 7.80. The van der Waals surface area contributed by atoms with Gasteiger partial charge >= 0.3 is 5.97 Å². The molecule has 0 bridgehead atoms. The first-order valence-electron chi connectivity index (χ1n) is 8.42. The van der Waals surface area contributed by atoms with E-state index in [1.807, 2.05) is 29.6 Å². The van der Waals surface area contributed by atoms with E-state index in [-0.39, 0.29) is 23.5 Å². The molecule has 0 saturated heterocycles. The Balaban J connectivity index is 2.34. The third kappa shape index (κ3) is 5.27. The molecule has 1 aromatic carbocycles. The van der Waals surface area contributed by atoms with Gasteiger partial charge in [-0.1, -0.05) is 26.0 Å². The summed E-state index contributed by atoms with van der Waals surface area (Å²) in [5, 5.41) is 8.06. The Morgan fingerprint density at radius 2 is 1.89 bits per heavy atom. The van der Waals surface area contributed by atoms with Gasteiger partial charge in [0.15, 0.2) is 5.11 Å². The first-order valence-corrected chi connectivity index (χ1v) is 9.71. The standard InChI is InChI=1S/C19H22N2O4S2/c1-5-25-18(23)15-14(12-6-8-13(24-4)9-7-12)10-27-17(15)21-19(26)20-16(22)11(2)3/h6-11H,5H2,1-4H3,(H2,20,21,22,26). The Hall–Kier alpha value is -2.45. The maximum absolute atomic E-state index is 12.5. The number of hydrogen-bond donors (Lipinski definition) is 2. The minimum absolute atomic E-state index is 0.141. The fourth-order valence-electron chi connectivity index (χ4n) is 2.23. The molecular formula is C19H22N2O4S2. The first-order chi connectivity index (χ1) is 12.9. The maximum Gasteiger partial charge on any atom is 0.341 e. The van der Waals surface area contributed by atoms with Gasteiger partial charge in [-0.25, -0.2) is 4.79 Å². The molecule has 0 aliphatic carbocycles. The molecule has 0 fully saturated rings. The number of thiophene rings is 1. The number of esters is 1. The van der Waals surface area contributed by atoms with Crippen molar-refractivity contribution in [3.05, 3.63) is 35.2 Å². The normalized spacial score (nSPS) is 10.4. The summed E-state index contributed by atoms with van der Waals surface area (Å²) in [4.78, 5) is 24.4. The Labute approximate surface area is 167 Å². The largest absolute Gasteiger partial charge is 0.497 e. The fourth-order valence-corrected chi connectivity index (χ4v) is 3.46. The zero-order valence-electron chi connectivity index (χ0n) is 15.6. The minimum Gasteiger partial charge on any atom is -0.497 e. The summed E-state index contributed by atoms with van der Waals surface area (Å²) in [6, 6.07) is 7.38. The van der Waals surface area contributed by atoms with E-state index in [1.165, 1.54) is 11.3 Å². The van der Waals surface area contributed by atoms with Crippen molar-refractivity contribution in [3.63, 3.8) is 0 Å². The lowest BCUT2D eigenvalue weighted by molar-refractivity contribution is -0.122. The van der Waals surface area contributed by atoms with Crippen LogP contribution in [0, 0.1) is 5.92 Å². The number of hydrogen-bond acceptors (Lipinski definition) is 6. The lowest BCUT2D eigenvalue weighted by Gasteiger charge is -2.12. The lowest BCUT2D eigenvalue weighted by Crippen LogP contribution is -2.36. The van der Waals surface area contributed by atoms with E-state index >= 15 is 0 Å². The number of thiocarbonyl (C=S) groups is 1. The second kappa shape index (κ2) is 9.48. The van der Waals surface area contributed by atoms with Crippen molar-refractivity contribution >= 4 is 45.5 Å². The SMILES string of the molecule is CCOC(=O)c1c(-c2ccc(OC)cc2)csc1NC(=S)NC(=O)C(C)C. The Kier molecular flexibility index (Phi) is 7.32. The molecule has 0 spiro atoms. The van der Waals surface area contributed by atoms with E-state index in [4.69, 9.17) is 21.7 Å². The summed E-state index contributed by atoms with van der Waals surface area (Å²) in [5.74, 6) is -0.128. The molecule has 2 N–H and O–H groups in total. The van der Waals surface area contributed by atoms with Crippen molar-refractivity contribution in [3.8, 4) is 16.9 Å². The van der Waals surface area contributed by atoms with E-state index < -0.39 is 5.97 Å². The number of amides is 1. The molecule has 0 aliphatic heterocycles. The van der Waals surface area contributed by atoms with Gasteiger partial charge in [0.2, 0.25) is 5.91 Å². The molecule has 0 aliphatic rings. The smallest absolute Gasteiger partial charge is 0.341 e. The van der Waals surface area contributed by atoms with E-state index in [0.29, 0.717) is 10.6 Å². The maximum atomic E-state index is 12.5. The number of rotatable bonds is 6. The minimum atomic E-state index is -0.454. The lowest BCUT2D eigenvalue weighted by atomic mass is 10.0. The number of carbonyl (C=O) groups is 2. The van der Waals surface area contributed by atoms with Crippen LogP contribution in [0.5, 0.6) is 5.75 Å². The van der Waals surface area contributed by atoms with Crippen LogP contribution in [0.2, 0.25) is 0 Å². The van der Waals surface area contributed by atoms with Crippen molar-refractivity contribution in [1.29, 1.82) is 0 Å². The molecule has 6 nitrogen and oxygen atoms in total. The average molecular weight is 407 g/mol. The van der Waals surface area contributed by atoms with Gasteiger partial charge in [-0.05, 0) is 36.8 Å². The van der Waals surface area contributed by atoms with E-state index in [2.05, 4.69) is 10.6 Å². The van der Waals surface area contributed by atoms with Gasteiger partial charge in [-0.3, -0.25) is 4.79 Å². The molecule has 2 aromatic rings. The van der Waals surface area contributed by atoms with Gasteiger partial charge in [0, 0.05) is 16.9 Å². The van der Waals surface area contributed by atoms with Crippen LogP contribution in [-0.4, -0.2) is 30.7 Å². The fraction of sp³-hybridized carbons (Fsp3) is 0.316. The highest BCUT2D eigenvalue weighted by Crippen LogP contribution is 2.36. The van der Waals surface area contributed by atoms with Crippen molar-refractivity contribution in [1.82, 2.24) is 5.32 Å². The van der Waals surface area contributed by atoms with Gasteiger partial charge in [-0.15, -0.1) is 11.3 Å². The van der Waals surface area contributed by atoms with Gasteiger partial charge in [0.05, 0.1) is 13.7 Å². The van der Waals surface area contributed by atoms with Crippen LogP contribution in [-0.2, 0) is 9.53 Å². The molecule has 0 saturated carbocycles. The van der Waals surface area contributed by atoms with Gasteiger partial charge in [-0.2, -0.15) is 0 Å². The van der Waals surface area contributed by atoms with Gasteiger partial charge in [0.1, 0.15) is 16.3 Å². The zero-order valence-corrected chi connectivity index (χ0v) is 17.3. The van der Waals surface area contributed by atoms with Crippen LogP contribution in [0.15, 0.2) is 29.6 Å². The predicted octanol–water partition coefficient (Wildman–Crippen LogP) is 4.07. The third-order valence-electron chi connectivity index (χ3n) is 3.66. The summed E-state index contributed by atoms with van der Waals surface area (Å²) >= 11 is 6.51. The second-order valence-corrected chi connectivity index (χ2v) is 7.19. The number of methoxy groups -OCH3 is 1. The summed E-state index contributed by atoms with van der Waals surface area (Å²) in [6.45, 7) is 5.55. The molecule has 0 unspecified atom stereocenters. The quantitative estimate of drug-likeness (QED) is 0.556. The van der Waals surface area contributed by atoms with Crippen LogP contribution >= 0.6 is 23.6 Å². The summed E-state index contributed by atoms with van der Waals surface area (Å²) in [7, 11) is 1.60. The first kappa shape index (κ1) is 20.9. The summed E-state index contributed by atoms with van der Waals surface area (Å²) < 4.78 is 10.4. The number of benzene rings is 1. The number of carbonyl (C=O) groups excluding carboxylic acids is 2. The molecule has 0 radical (unpaired) electrons. The average Bonchev–Trinajstić information content (AvgIpc) is 3.05. The number of anilines is 1. The molecule has 8 heteroatoms. The molecule has 1 aromatic heterocycles. The molecule has 27 heavy (non-hydrogen) atoms. The summed E-state index contributed by atoms with van der Waals surface area (Å²) in [5.41, 5.74) is 1.95. The van der Waals surface area contributed by atoms with Crippen LogP contribution in [0.4, 0.5) is 5.00 Å². The monoisotopic (exact) mass is 406 g/mol. The van der Waals surface area contributed by atoms with Crippen molar-refractivity contribution in [2.75, 3.05) is 19.0 Å². The van der Waals surface area contributed by atoms with Crippen LogP contribution in [0.3, 0.4) is 0 Å². The molecule has 0 atom stereocenters. The Bertz CT molecular complexity index is 829. The van der Waals surface area contributed by atoms with E-state index in [9.17, 15) is 9.59 Å². The number of ether oxygens (including phenoxy) is 2. The van der Waals surface area contributed by atoms with Crippen molar-refractivity contribution in [2.45, 2.75) is 20.8 Å². The molecule has 1 amide bonds. The zero-order chi connectivity index (χ0) is 20.0. The van der Waals surface area contributed by atoms with Gasteiger partial charge < -0.3 is 20.1 Å². The van der Waals surface area contributed by atoms with E-state index in [1.54, 1.807) is 27.9 Å². The third-order valence-corrected chi connectivity index (χ3v) is 4.76. The highest BCUT2D eigenvalue weighted by Gasteiger charge is 2.22. The molecule has 1 heterocycles. The van der Waals surface area contributed by atoms with Gasteiger partial charge in [0.25, 0.3) is 0 Å². The van der Waals surface area contributed by atoms with Crippen molar-refractivity contribution < 1.29 is 19.1 Å². The van der Waals surface area contributed by atoms with Crippen LogP contribution < -0.4 is 15.4 Å². The van der Waals surface area contributed by atoms with Crippen LogP contribution in [0.25, 0.3) is 11.1 Å². The summed E-state index contributed by atoms with van der Waals surface area (Å²) in [6.07, 6.45) is 0. The Morgan fingerprint density at radius 1 is 1.22 bits per heavy atom. The van der Waals surface area contributed by atoms with Crippen molar-refractivity contribution in [2.24, 2.45) is 5.92 Å². The number of nitrogens with one attached hydrogen (secondary N) is 2. The molecule has 2 rings (SSSR count). The topological polar surface area (TPSA) is 76.7 Å². The van der Waals surface area contributed by atoms with Crippen LogP contribution in [0.1, 0.15) is 31.1 Å².